The normalized spacial score (nSPS) is 10.7. The van der Waals surface area contributed by atoms with Crippen LogP contribution in [0.5, 0.6) is 0 Å². The number of amides is 1. The molecule has 0 bridgehead atoms. The molecule has 0 saturated heterocycles. The maximum absolute atomic E-state index is 12.4. The molecule has 0 spiro atoms. The van der Waals surface area contributed by atoms with Crippen LogP contribution >= 0.6 is 23.4 Å². The molecule has 8 heteroatoms. The van der Waals surface area contributed by atoms with Gasteiger partial charge in [0.25, 0.3) is 5.91 Å². The molecule has 0 radical (unpaired) electrons. The lowest BCUT2D eigenvalue weighted by Crippen LogP contribution is -2.24. The van der Waals surface area contributed by atoms with Crippen molar-refractivity contribution in [3.8, 4) is 0 Å². The number of hydrogen-bond acceptors (Lipinski definition) is 5. The molecule has 0 fully saturated rings. The van der Waals surface area contributed by atoms with Crippen LogP contribution in [0.15, 0.2) is 53.7 Å². The second kappa shape index (κ2) is 9.71. The van der Waals surface area contributed by atoms with Gasteiger partial charge in [-0.1, -0.05) is 41.1 Å². The van der Waals surface area contributed by atoms with Crippen molar-refractivity contribution >= 4 is 35.1 Å². The van der Waals surface area contributed by atoms with Gasteiger partial charge in [0.05, 0.1) is 12.3 Å². The number of aromatic nitrogens is 3. The summed E-state index contributed by atoms with van der Waals surface area (Å²) in [5.74, 6) is 0.725. The minimum atomic E-state index is -0.161. The fourth-order valence-corrected chi connectivity index (χ4v) is 3.81. The van der Waals surface area contributed by atoms with Crippen LogP contribution in [-0.4, -0.2) is 32.2 Å². The van der Waals surface area contributed by atoms with Crippen molar-refractivity contribution in [3.05, 3.63) is 76.1 Å². The SMILES string of the molecule is CCn1c(CNC(=O)c2cccc(C)c2)nnc1SCC(=O)c1ccc(Cl)cc1. The Morgan fingerprint density at radius 3 is 2.55 bits per heavy atom. The van der Waals surface area contributed by atoms with Gasteiger partial charge in [-0.15, -0.1) is 10.2 Å². The number of benzene rings is 2. The maximum atomic E-state index is 12.4. The van der Waals surface area contributed by atoms with Gasteiger partial charge in [0.1, 0.15) is 0 Å². The number of nitrogens with zero attached hydrogens (tertiary/aromatic N) is 3. The Morgan fingerprint density at radius 2 is 1.86 bits per heavy atom. The van der Waals surface area contributed by atoms with Gasteiger partial charge >= 0.3 is 0 Å². The topological polar surface area (TPSA) is 76.9 Å². The smallest absolute Gasteiger partial charge is 0.251 e. The number of rotatable bonds is 8. The highest BCUT2D eigenvalue weighted by Crippen LogP contribution is 2.19. The van der Waals surface area contributed by atoms with Crippen molar-refractivity contribution in [3.63, 3.8) is 0 Å². The Labute approximate surface area is 178 Å². The molecule has 0 aliphatic rings. The molecule has 2 aromatic carbocycles. The molecule has 29 heavy (non-hydrogen) atoms. The Bertz CT molecular complexity index is 1020. The van der Waals surface area contributed by atoms with Crippen molar-refractivity contribution in [1.29, 1.82) is 0 Å². The molecule has 1 amide bonds. The maximum Gasteiger partial charge on any atom is 0.251 e. The highest BCUT2D eigenvalue weighted by atomic mass is 35.5. The molecule has 3 aromatic rings. The van der Waals surface area contributed by atoms with Gasteiger partial charge in [-0.25, -0.2) is 0 Å². The number of ketones is 1. The van der Waals surface area contributed by atoms with Crippen LogP contribution in [0.25, 0.3) is 0 Å². The van der Waals surface area contributed by atoms with E-state index in [9.17, 15) is 9.59 Å². The molecule has 1 aromatic heterocycles. The van der Waals surface area contributed by atoms with E-state index in [1.807, 2.05) is 36.6 Å². The average Bonchev–Trinajstić information content (AvgIpc) is 3.12. The van der Waals surface area contributed by atoms with E-state index in [1.165, 1.54) is 11.8 Å². The van der Waals surface area contributed by atoms with E-state index in [1.54, 1.807) is 30.3 Å². The lowest BCUT2D eigenvalue weighted by atomic mass is 10.1. The van der Waals surface area contributed by atoms with Crippen molar-refractivity contribution in [2.75, 3.05) is 5.75 Å². The Hall–Kier alpha value is -2.64. The fraction of sp³-hybridized carbons (Fsp3) is 0.238. The molecule has 150 valence electrons. The number of thioether (sulfide) groups is 1. The first-order valence-electron chi connectivity index (χ1n) is 9.16. The average molecular weight is 429 g/mol. The van der Waals surface area contributed by atoms with Crippen molar-refractivity contribution in [2.24, 2.45) is 0 Å². The van der Waals surface area contributed by atoms with Crippen molar-refractivity contribution in [1.82, 2.24) is 20.1 Å². The monoisotopic (exact) mass is 428 g/mol. The van der Waals surface area contributed by atoms with Gasteiger partial charge in [-0.3, -0.25) is 9.59 Å². The second-order valence-electron chi connectivity index (χ2n) is 6.41. The Kier molecular flexibility index (Phi) is 7.06. The van der Waals surface area contributed by atoms with E-state index in [2.05, 4.69) is 15.5 Å². The van der Waals surface area contributed by atoms with Crippen LogP contribution in [-0.2, 0) is 13.1 Å². The number of carbonyl (C=O) groups excluding carboxylic acids is 2. The summed E-state index contributed by atoms with van der Waals surface area (Å²) in [5, 5.41) is 12.5. The van der Waals surface area contributed by atoms with Gasteiger partial charge in [-0.05, 0) is 50.2 Å². The van der Waals surface area contributed by atoms with E-state index >= 15 is 0 Å². The summed E-state index contributed by atoms with van der Waals surface area (Å²) in [6.45, 7) is 4.82. The van der Waals surface area contributed by atoms with E-state index in [-0.39, 0.29) is 24.0 Å². The van der Waals surface area contributed by atoms with Crippen LogP contribution in [0, 0.1) is 6.92 Å². The van der Waals surface area contributed by atoms with Gasteiger partial charge in [0.2, 0.25) is 0 Å². The van der Waals surface area contributed by atoms with Crippen LogP contribution in [0.1, 0.15) is 39.0 Å². The molecule has 3 rings (SSSR count). The lowest BCUT2D eigenvalue weighted by Gasteiger charge is -2.09. The van der Waals surface area contributed by atoms with E-state index in [0.29, 0.717) is 33.7 Å². The van der Waals surface area contributed by atoms with Crippen LogP contribution < -0.4 is 5.32 Å². The molecule has 0 aliphatic heterocycles. The lowest BCUT2D eigenvalue weighted by molar-refractivity contribution is 0.0948. The summed E-state index contributed by atoms with van der Waals surface area (Å²) in [5.41, 5.74) is 2.24. The largest absolute Gasteiger partial charge is 0.345 e. The Balaban J connectivity index is 1.61. The number of carbonyl (C=O) groups is 2. The summed E-state index contributed by atoms with van der Waals surface area (Å²) in [7, 11) is 0. The molecule has 1 N–H and O–H groups in total. The van der Waals surface area contributed by atoms with E-state index in [0.717, 1.165) is 5.56 Å². The first-order valence-corrected chi connectivity index (χ1v) is 10.5. The molecule has 0 aliphatic carbocycles. The number of halogens is 1. The molecular weight excluding hydrogens is 408 g/mol. The molecule has 0 saturated carbocycles. The molecule has 0 unspecified atom stereocenters. The summed E-state index contributed by atoms with van der Waals surface area (Å²) < 4.78 is 1.90. The highest BCUT2D eigenvalue weighted by molar-refractivity contribution is 7.99. The van der Waals surface area contributed by atoms with Gasteiger partial charge in [-0.2, -0.15) is 0 Å². The zero-order valence-electron chi connectivity index (χ0n) is 16.2. The van der Waals surface area contributed by atoms with Crippen LogP contribution in [0.4, 0.5) is 0 Å². The van der Waals surface area contributed by atoms with E-state index in [4.69, 9.17) is 11.6 Å². The summed E-state index contributed by atoms with van der Waals surface area (Å²) in [4.78, 5) is 24.7. The number of hydrogen-bond donors (Lipinski definition) is 1. The summed E-state index contributed by atoms with van der Waals surface area (Å²) in [6.07, 6.45) is 0. The minimum absolute atomic E-state index is 0.00776. The van der Waals surface area contributed by atoms with Crippen molar-refractivity contribution in [2.45, 2.75) is 32.1 Å². The third-order valence-electron chi connectivity index (χ3n) is 4.30. The van der Waals surface area contributed by atoms with Crippen LogP contribution in [0.2, 0.25) is 5.02 Å². The fourth-order valence-electron chi connectivity index (χ4n) is 2.77. The highest BCUT2D eigenvalue weighted by Gasteiger charge is 2.15. The quantitative estimate of drug-likeness (QED) is 0.430. The number of Topliss-reactive ketones (excluding diaryl/α,β-unsaturated/α-hetero) is 1. The van der Waals surface area contributed by atoms with Gasteiger partial charge in [0, 0.05) is 22.7 Å². The first kappa shape index (κ1) is 21.1. The minimum Gasteiger partial charge on any atom is -0.345 e. The first-order chi connectivity index (χ1) is 14.0. The van der Waals surface area contributed by atoms with Gasteiger partial charge in [0.15, 0.2) is 16.8 Å². The molecular formula is C21H21ClN4O2S. The summed E-state index contributed by atoms with van der Waals surface area (Å²) >= 11 is 7.19. The van der Waals surface area contributed by atoms with E-state index < -0.39 is 0 Å². The standard InChI is InChI=1S/C21H21ClN4O2S/c1-3-26-19(12-23-20(28)16-6-4-5-14(2)11-16)24-25-21(26)29-13-18(27)15-7-9-17(22)10-8-15/h4-11H,3,12-13H2,1-2H3,(H,23,28). The second-order valence-corrected chi connectivity index (χ2v) is 7.79. The molecule has 0 atom stereocenters. The zero-order valence-corrected chi connectivity index (χ0v) is 17.8. The predicted molar refractivity (Wildman–Crippen MR) is 115 cm³/mol. The number of nitrogens with one attached hydrogen (secondary N) is 1. The predicted octanol–water partition coefficient (Wildman–Crippen LogP) is 4.16. The Morgan fingerprint density at radius 1 is 1.10 bits per heavy atom. The molecule has 1 heterocycles. The zero-order chi connectivity index (χ0) is 20.8. The van der Waals surface area contributed by atoms with Crippen LogP contribution in [0.3, 0.4) is 0 Å². The third-order valence-corrected chi connectivity index (χ3v) is 5.51. The molecule has 6 nitrogen and oxygen atoms in total. The van der Waals surface area contributed by atoms with Crippen molar-refractivity contribution < 1.29 is 9.59 Å². The summed E-state index contributed by atoms with van der Waals surface area (Å²) in [6, 6.07) is 14.2. The third kappa shape index (κ3) is 5.46. The van der Waals surface area contributed by atoms with Gasteiger partial charge < -0.3 is 9.88 Å². The number of aryl methyl sites for hydroxylation is 1.